The molecule has 0 bridgehead atoms. The van der Waals surface area contributed by atoms with Crippen molar-refractivity contribution in [3.8, 4) is 0 Å². The van der Waals surface area contributed by atoms with Crippen LogP contribution in [0, 0.1) is 0 Å². The maximum atomic E-state index is 4.50. The Morgan fingerprint density at radius 3 is 2.65 bits per heavy atom. The number of para-hydroxylation sites is 1. The van der Waals surface area contributed by atoms with Crippen LogP contribution in [0.25, 0.3) is 10.9 Å². The first kappa shape index (κ1) is 18.3. The van der Waals surface area contributed by atoms with Gasteiger partial charge in [-0.25, -0.2) is 0 Å². The van der Waals surface area contributed by atoms with Crippen LogP contribution in [0.2, 0.25) is 0 Å². The summed E-state index contributed by atoms with van der Waals surface area (Å²) in [5, 5.41) is 8.39. The van der Waals surface area contributed by atoms with Crippen LogP contribution in [-0.2, 0) is 6.54 Å². The number of nitrogens with one attached hydrogen (secondary N) is 2. The number of hydrogen-bond acceptors (Lipinski definition) is 3. The lowest BCUT2D eigenvalue weighted by atomic mass is 10.1. The zero-order valence-corrected chi connectivity index (χ0v) is 16.0. The molecule has 1 atom stereocenters. The van der Waals surface area contributed by atoms with Crippen molar-refractivity contribution >= 4 is 28.6 Å². The minimum Gasteiger partial charge on any atom is -0.355 e. The van der Waals surface area contributed by atoms with Gasteiger partial charge in [-0.15, -0.1) is 11.8 Å². The van der Waals surface area contributed by atoms with Gasteiger partial charge in [0.25, 0.3) is 0 Å². The average molecular weight is 365 g/mol. The minimum atomic E-state index is 0.440. The molecule has 26 heavy (non-hydrogen) atoms. The molecule has 2 N–H and O–H groups in total. The van der Waals surface area contributed by atoms with E-state index in [1.54, 1.807) is 7.05 Å². The first-order valence-corrected chi connectivity index (χ1v) is 9.63. The Morgan fingerprint density at radius 1 is 1.04 bits per heavy atom. The number of nitrogens with zero attached hydrogens (tertiary/aromatic N) is 2. The van der Waals surface area contributed by atoms with Crippen molar-refractivity contribution in [2.45, 2.75) is 23.6 Å². The number of rotatable bonds is 6. The Labute approximate surface area is 159 Å². The molecule has 5 heteroatoms. The number of thioether (sulfide) groups is 1. The largest absolute Gasteiger partial charge is 0.355 e. The van der Waals surface area contributed by atoms with Crippen molar-refractivity contribution < 1.29 is 0 Å². The van der Waals surface area contributed by atoms with Gasteiger partial charge >= 0.3 is 0 Å². The lowest BCUT2D eigenvalue weighted by molar-refractivity contribution is 0.791. The molecule has 0 spiro atoms. The van der Waals surface area contributed by atoms with Gasteiger partial charge in [-0.3, -0.25) is 9.98 Å². The van der Waals surface area contributed by atoms with Crippen molar-refractivity contribution in [3.63, 3.8) is 0 Å². The highest BCUT2D eigenvalue weighted by molar-refractivity contribution is 8.00. The van der Waals surface area contributed by atoms with E-state index in [2.05, 4.69) is 76.1 Å². The second-order valence-electron chi connectivity index (χ2n) is 6.04. The quantitative estimate of drug-likeness (QED) is 0.393. The molecule has 0 aliphatic carbocycles. The van der Waals surface area contributed by atoms with Gasteiger partial charge < -0.3 is 10.6 Å². The zero-order valence-electron chi connectivity index (χ0n) is 15.1. The topological polar surface area (TPSA) is 49.3 Å². The van der Waals surface area contributed by atoms with Crippen LogP contribution in [0.4, 0.5) is 0 Å². The lowest BCUT2D eigenvalue weighted by Gasteiger charge is -2.16. The van der Waals surface area contributed by atoms with E-state index in [9.17, 15) is 0 Å². The summed E-state index contributed by atoms with van der Waals surface area (Å²) in [7, 11) is 1.80. The van der Waals surface area contributed by atoms with Gasteiger partial charge in [0.05, 0.1) is 5.52 Å². The van der Waals surface area contributed by atoms with Gasteiger partial charge in [0.15, 0.2) is 5.96 Å². The summed E-state index contributed by atoms with van der Waals surface area (Å²) in [5.41, 5.74) is 2.20. The molecule has 0 amide bonds. The molecule has 0 saturated carbocycles. The number of guanidine groups is 1. The Balaban J connectivity index is 1.53. The van der Waals surface area contributed by atoms with Crippen LogP contribution in [-0.4, -0.2) is 29.8 Å². The van der Waals surface area contributed by atoms with E-state index in [4.69, 9.17) is 0 Å². The molecule has 2 aromatic carbocycles. The fourth-order valence-electron chi connectivity index (χ4n) is 2.72. The molecule has 0 radical (unpaired) electrons. The number of aromatic nitrogens is 1. The molecule has 3 aromatic rings. The molecule has 0 aliphatic heterocycles. The van der Waals surface area contributed by atoms with E-state index in [1.165, 1.54) is 4.90 Å². The second kappa shape index (κ2) is 9.25. The SMILES string of the molecule is CN=C(NCc1cccc2cccnc12)NCC(C)Sc1ccccc1. The molecule has 0 fully saturated rings. The smallest absolute Gasteiger partial charge is 0.191 e. The van der Waals surface area contributed by atoms with Crippen molar-refractivity contribution in [2.24, 2.45) is 4.99 Å². The summed E-state index contributed by atoms with van der Waals surface area (Å²) < 4.78 is 0. The molecule has 3 rings (SSSR count). The van der Waals surface area contributed by atoms with Crippen LogP contribution in [0.15, 0.2) is 76.7 Å². The van der Waals surface area contributed by atoms with Crippen molar-refractivity contribution in [2.75, 3.05) is 13.6 Å². The van der Waals surface area contributed by atoms with E-state index in [0.29, 0.717) is 11.8 Å². The monoisotopic (exact) mass is 364 g/mol. The predicted molar refractivity (Wildman–Crippen MR) is 112 cm³/mol. The number of benzene rings is 2. The highest BCUT2D eigenvalue weighted by Crippen LogP contribution is 2.22. The molecule has 134 valence electrons. The van der Waals surface area contributed by atoms with E-state index in [-0.39, 0.29) is 0 Å². The average Bonchev–Trinajstić information content (AvgIpc) is 2.69. The molecule has 1 heterocycles. The van der Waals surface area contributed by atoms with E-state index >= 15 is 0 Å². The summed E-state index contributed by atoms with van der Waals surface area (Å²) in [6, 6.07) is 20.8. The standard InChI is InChI=1S/C21H24N4S/c1-16(26-19-11-4-3-5-12-19)14-24-21(22-2)25-15-18-9-6-8-17-10-7-13-23-20(17)18/h3-13,16H,14-15H2,1-2H3,(H2,22,24,25). The Hall–Kier alpha value is -2.53. The van der Waals surface area contributed by atoms with Crippen LogP contribution in [0.3, 0.4) is 0 Å². The summed E-state index contributed by atoms with van der Waals surface area (Å²) >= 11 is 1.86. The summed E-state index contributed by atoms with van der Waals surface area (Å²) in [6.07, 6.45) is 1.83. The second-order valence-corrected chi connectivity index (χ2v) is 7.55. The summed E-state index contributed by atoms with van der Waals surface area (Å²) in [4.78, 5) is 10.1. The normalized spacial score (nSPS) is 12.8. The highest BCUT2D eigenvalue weighted by Gasteiger charge is 2.07. The third-order valence-corrected chi connectivity index (χ3v) is 5.14. The first-order chi connectivity index (χ1) is 12.8. The summed E-state index contributed by atoms with van der Waals surface area (Å²) in [6.45, 7) is 3.74. The van der Waals surface area contributed by atoms with Crippen molar-refractivity contribution in [1.29, 1.82) is 0 Å². The van der Waals surface area contributed by atoms with Crippen molar-refractivity contribution in [3.05, 3.63) is 72.4 Å². The first-order valence-electron chi connectivity index (χ1n) is 8.75. The third kappa shape index (κ3) is 4.99. The van der Waals surface area contributed by atoms with Crippen LogP contribution in [0.5, 0.6) is 0 Å². The fourth-order valence-corrected chi connectivity index (χ4v) is 3.67. The van der Waals surface area contributed by atoms with E-state index in [1.807, 2.05) is 30.1 Å². The highest BCUT2D eigenvalue weighted by atomic mass is 32.2. The van der Waals surface area contributed by atoms with Crippen molar-refractivity contribution in [1.82, 2.24) is 15.6 Å². The zero-order chi connectivity index (χ0) is 18.2. The summed E-state index contributed by atoms with van der Waals surface area (Å²) in [5.74, 6) is 0.804. The Kier molecular flexibility index (Phi) is 6.50. The van der Waals surface area contributed by atoms with Gasteiger partial charge in [-0.05, 0) is 23.8 Å². The molecular formula is C21H24N4S. The minimum absolute atomic E-state index is 0.440. The van der Waals surface area contributed by atoms with Crippen LogP contribution in [0.1, 0.15) is 12.5 Å². The third-order valence-electron chi connectivity index (χ3n) is 4.02. The fraction of sp³-hybridized carbons (Fsp3) is 0.238. The Morgan fingerprint density at radius 2 is 1.85 bits per heavy atom. The molecule has 1 unspecified atom stereocenters. The van der Waals surface area contributed by atoms with Gasteiger partial charge in [0, 0.05) is 41.9 Å². The maximum Gasteiger partial charge on any atom is 0.191 e. The van der Waals surface area contributed by atoms with Gasteiger partial charge in [0.1, 0.15) is 0 Å². The number of fused-ring (bicyclic) bond motifs is 1. The van der Waals surface area contributed by atoms with E-state index in [0.717, 1.165) is 29.0 Å². The van der Waals surface area contributed by atoms with Gasteiger partial charge in [0.2, 0.25) is 0 Å². The van der Waals surface area contributed by atoms with Gasteiger partial charge in [-0.2, -0.15) is 0 Å². The van der Waals surface area contributed by atoms with Crippen LogP contribution < -0.4 is 10.6 Å². The predicted octanol–water partition coefficient (Wildman–Crippen LogP) is 4.08. The number of hydrogen-bond donors (Lipinski definition) is 2. The maximum absolute atomic E-state index is 4.50. The number of aliphatic imine (C=N–C) groups is 1. The van der Waals surface area contributed by atoms with E-state index < -0.39 is 0 Å². The molecule has 0 saturated heterocycles. The molecule has 1 aromatic heterocycles. The molecule has 4 nitrogen and oxygen atoms in total. The lowest BCUT2D eigenvalue weighted by Crippen LogP contribution is -2.39. The Bertz CT molecular complexity index is 859. The molecule has 0 aliphatic rings. The van der Waals surface area contributed by atoms with Gasteiger partial charge in [-0.1, -0.05) is 49.4 Å². The van der Waals surface area contributed by atoms with Crippen LogP contribution >= 0.6 is 11.8 Å². The molecular weight excluding hydrogens is 340 g/mol. The number of pyridine rings is 1.